The highest BCUT2D eigenvalue weighted by Crippen LogP contribution is 2.31. The van der Waals surface area contributed by atoms with Crippen molar-refractivity contribution in [1.29, 1.82) is 0 Å². The summed E-state index contributed by atoms with van der Waals surface area (Å²) in [4.78, 5) is 10.3. The number of hydrogen-bond donors (Lipinski definition) is 2. The first-order valence-corrected chi connectivity index (χ1v) is 9.71. The molecule has 2 N–H and O–H groups in total. The van der Waals surface area contributed by atoms with Crippen LogP contribution in [0.3, 0.4) is 0 Å². The molecule has 1 heterocycles. The van der Waals surface area contributed by atoms with E-state index in [2.05, 4.69) is 10.0 Å². The third kappa shape index (κ3) is 5.28. The fourth-order valence-corrected chi connectivity index (χ4v) is 4.43. The quantitative estimate of drug-likeness (QED) is 0.509. The lowest BCUT2D eigenvalue weighted by atomic mass is 9.80. The van der Waals surface area contributed by atoms with Crippen LogP contribution >= 0.6 is 24.0 Å². The molecule has 1 aliphatic heterocycles. The molecule has 1 aromatic carbocycles. The van der Waals surface area contributed by atoms with E-state index in [0.29, 0.717) is 6.61 Å². The summed E-state index contributed by atoms with van der Waals surface area (Å²) in [6.45, 7) is 3.68. The van der Waals surface area contributed by atoms with E-state index in [0.717, 1.165) is 32.0 Å². The van der Waals surface area contributed by atoms with Gasteiger partial charge in [-0.15, -0.1) is 12.4 Å². The fourth-order valence-electron chi connectivity index (χ4n) is 2.95. The smallest absolute Gasteiger partial charge is 0.275 e. The minimum absolute atomic E-state index is 0. The fraction of sp³-hybridized carbons (Fsp3) is 0.600. The third-order valence-corrected chi connectivity index (χ3v) is 6.32. The highest BCUT2D eigenvalue weighted by Gasteiger charge is 2.34. The van der Waals surface area contributed by atoms with E-state index in [1.807, 2.05) is 0 Å². The molecule has 8 nitrogen and oxygen atoms in total. The van der Waals surface area contributed by atoms with Crippen molar-refractivity contribution in [3.05, 3.63) is 32.8 Å². The van der Waals surface area contributed by atoms with Gasteiger partial charge < -0.3 is 10.1 Å². The van der Waals surface area contributed by atoms with Crippen LogP contribution in [-0.4, -0.2) is 46.7 Å². The molecule has 0 aromatic heterocycles. The Kier molecular flexibility index (Phi) is 8.25. The standard InChI is InChI=1S/C15H22ClN3O5S.ClH/c1-11-13(16)7-12(8-14(11)19(20)21)25(22,23)18-9-15(10-24-2)3-5-17-6-4-15;/h7-8,17-18H,3-6,9-10H2,1-2H3;1H. The summed E-state index contributed by atoms with van der Waals surface area (Å²) in [6.07, 6.45) is 1.55. The maximum Gasteiger partial charge on any atom is 0.275 e. The number of halogens is 2. The van der Waals surface area contributed by atoms with Crippen LogP contribution < -0.4 is 10.0 Å². The first kappa shape index (κ1) is 23.1. The highest BCUT2D eigenvalue weighted by molar-refractivity contribution is 7.89. The Morgan fingerprint density at radius 2 is 2.00 bits per heavy atom. The summed E-state index contributed by atoms with van der Waals surface area (Å²) in [5, 5.41) is 14.4. The van der Waals surface area contributed by atoms with Crippen LogP contribution in [-0.2, 0) is 14.8 Å². The Morgan fingerprint density at radius 3 is 2.54 bits per heavy atom. The summed E-state index contributed by atoms with van der Waals surface area (Å²) >= 11 is 5.97. The van der Waals surface area contributed by atoms with E-state index in [1.165, 1.54) is 13.0 Å². The molecule has 0 atom stereocenters. The van der Waals surface area contributed by atoms with Crippen LogP contribution in [0.5, 0.6) is 0 Å². The van der Waals surface area contributed by atoms with E-state index in [-0.39, 0.29) is 45.5 Å². The predicted octanol–water partition coefficient (Wildman–Crippen LogP) is 2.27. The molecular formula is C15H23Cl2N3O5S. The maximum absolute atomic E-state index is 12.6. The van der Waals surface area contributed by atoms with Gasteiger partial charge in [-0.25, -0.2) is 13.1 Å². The molecule has 2 rings (SSSR count). The summed E-state index contributed by atoms with van der Waals surface area (Å²) in [6, 6.07) is 2.27. The molecule has 0 radical (unpaired) electrons. The zero-order valence-electron chi connectivity index (χ0n) is 14.6. The Balaban J connectivity index is 0.00000338. The lowest BCUT2D eigenvalue weighted by molar-refractivity contribution is -0.385. The second kappa shape index (κ2) is 9.29. The molecule has 0 aliphatic carbocycles. The molecule has 0 saturated carbocycles. The maximum atomic E-state index is 12.6. The van der Waals surface area contributed by atoms with E-state index in [4.69, 9.17) is 16.3 Å². The molecule has 1 aromatic rings. The van der Waals surface area contributed by atoms with Gasteiger partial charge in [-0.2, -0.15) is 0 Å². The molecule has 0 amide bonds. The monoisotopic (exact) mass is 427 g/mol. The van der Waals surface area contributed by atoms with Gasteiger partial charge in [0, 0.05) is 30.7 Å². The topological polar surface area (TPSA) is 111 Å². The van der Waals surface area contributed by atoms with Crippen molar-refractivity contribution in [2.75, 3.05) is 33.4 Å². The second-order valence-corrected chi connectivity index (χ2v) is 8.49. The zero-order valence-corrected chi connectivity index (χ0v) is 17.0. The van der Waals surface area contributed by atoms with Crippen molar-refractivity contribution >= 4 is 39.7 Å². The van der Waals surface area contributed by atoms with Gasteiger partial charge in [-0.1, -0.05) is 11.6 Å². The largest absolute Gasteiger partial charge is 0.384 e. The molecule has 11 heteroatoms. The number of nitro groups is 1. The number of piperidine rings is 1. The SMILES string of the molecule is COCC1(CNS(=O)(=O)c2cc(Cl)c(C)c([N+](=O)[O-])c2)CCNCC1.Cl. The van der Waals surface area contributed by atoms with Gasteiger partial charge in [0.25, 0.3) is 5.69 Å². The lowest BCUT2D eigenvalue weighted by Gasteiger charge is -2.37. The van der Waals surface area contributed by atoms with Gasteiger partial charge in [-0.05, 0) is 38.9 Å². The highest BCUT2D eigenvalue weighted by atomic mass is 35.5. The number of methoxy groups -OCH3 is 1. The summed E-state index contributed by atoms with van der Waals surface area (Å²) < 4.78 is 33.1. The van der Waals surface area contributed by atoms with Gasteiger partial charge in [0.15, 0.2) is 0 Å². The van der Waals surface area contributed by atoms with Crippen LogP contribution in [0, 0.1) is 22.5 Å². The minimum Gasteiger partial charge on any atom is -0.384 e. The molecule has 1 saturated heterocycles. The number of nitrogens with one attached hydrogen (secondary N) is 2. The lowest BCUT2D eigenvalue weighted by Crippen LogP contribution is -2.47. The number of hydrogen-bond acceptors (Lipinski definition) is 6. The number of nitro benzene ring substituents is 1. The van der Waals surface area contributed by atoms with E-state index >= 15 is 0 Å². The summed E-state index contributed by atoms with van der Waals surface area (Å²) in [7, 11) is -2.34. The van der Waals surface area contributed by atoms with Crippen molar-refractivity contribution in [1.82, 2.24) is 10.0 Å². The Bertz CT molecular complexity index is 746. The van der Waals surface area contributed by atoms with Gasteiger partial charge >= 0.3 is 0 Å². The average molecular weight is 428 g/mol. The normalized spacial score (nSPS) is 16.7. The van der Waals surface area contributed by atoms with Crippen molar-refractivity contribution < 1.29 is 18.1 Å². The van der Waals surface area contributed by atoms with Crippen molar-refractivity contribution in [2.45, 2.75) is 24.7 Å². The Hall–Kier alpha value is -0.970. The number of ether oxygens (including phenoxy) is 1. The molecule has 26 heavy (non-hydrogen) atoms. The van der Waals surface area contributed by atoms with Gasteiger partial charge in [-0.3, -0.25) is 10.1 Å². The molecule has 0 bridgehead atoms. The number of benzene rings is 1. The van der Waals surface area contributed by atoms with E-state index in [1.54, 1.807) is 7.11 Å². The van der Waals surface area contributed by atoms with Gasteiger partial charge in [0.05, 0.1) is 21.4 Å². The molecule has 1 aliphatic rings. The Morgan fingerprint density at radius 1 is 1.38 bits per heavy atom. The van der Waals surface area contributed by atoms with Crippen molar-refractivity contribution in [2.24, 2.45) is 5.41 Å². The van der Waals surface area contributed by atoms with E-state index < -0.39 is 14.9 Å². The molecule has 1 fully saturated rings. The number of rotatable bonds is 7. The second-order valence-electron chi connectivity index (χ2n) is 6.31. The molecular weight excluding hydrogens is 405 g/mol. The molecule has 0 unspecified atom stereocenters. The predicted molar refractivity (Wildman–Crippen MR) is 102 cm³/mol. The van der Waals surface area contributed by atoms with Crippen LogP contribution in [0.2, 0.25) is 5.02 Å². The van der Waals surface area contributed by atoms with Crippen LogP contribution in [0.25, 0.3) is 0 Å². The third-order valence-electron chi connectivity index (χ3n) is 4.55. The van der Waals surface area contributed by atoms with Crippen LogP contribution in [0.1, 0.15) is 18.4 Å². The van der Waals surface area contributed by atoms with Gasteiger partial charge in [0.2, 0.25) is 10.0 Å². The van der Waals surface area contributed by atoms with Gasteiger partial charge in [0.1, 0.15) is 0 Å². The average Bonchev–Trinajstić information content (AvgIpc) is 2.56. The minimum atomic E-state index is -3.93. The van der Waals surface area contributed by atoms with Crippen LogP contribution in [0.15, 0.2) is 17.0 Å². The van der Waals surface area contributed by atoms with Crippen molar-refractivity contribution in [3.63, 3.8) is 0 Å². The first-order chi connectivity index (χ1) is 11.7. The van der Waals surface area contributed by atoms with Crippen molar-refractivity contribution in [3.8, 4) is 0 Å². The number of nitrogens with zero attached hydrogens (tertiary/aromatic N) is 1. The summed E-state index contributed by atoms with van der Waals surface area (Å²) in [5.74, 6) is 0. The van der Waals surface area contributed by atoms with Crippen LogP contribution in [0.4, 0.5) is 5.69 Å². The zero-order chi connectivity index (χ0) is 18.7. The molecule has 148 valence electrons. The number of sulfonamides is 1. The summed E-state index contributed by atoms with van der Waals surface area (Å²) in [5.41, 5.74) is -0.380. The Labute approximate surface area is 164 Å². The van der Waals surface area contributed by atoms with E-state index in [9.17, 15) is 18.5 Å². The molecule has 0 spiro atoms. The first-order valence-electron chi connectivity index (χ1n) is 7.85.